The van der Waals surface area contributed by atoms with Gasteiger partial charge in [-0.15, -0.1) is 0 Å². The first kappa shape index (κ1) is 23.9. The molecule has 0 unspecified atom stereocenters. The van der Waals surface area contributed by atoms with Gasteiger partial charge < -0.3 is 25.0 Å². The van der Waals surface area contributed by atoms with Crippen molar-refractivity contribution >= 4 is 33.6 Å². The van der Waals surface area contributed by atoms with Crippen LogP contribution in [0, 0.1) is 11.7 Å². The number of hydrogen-bond acceptors (Lipinski definition) is 5. The summed E-state index contributed by atoms with van der Waals surface area (Å²) in [5.41, 5.74) is 0.760. The number of aliphatic hydroxyl groups excluding tert-OH is 1. The number of nitrogens with one attached hydrogen (secondary N) is 1. The lowest BCUT2D eigenvalue weighted by Crippen LogP contribution is -2.50. The molecule has 1 aliphatic heterocycles. The van der Waals surface area contributed by atoms with Crippen molar-refractivity contribution in [2.75, 3.05) is 32.1 Å². The second kappa shape index (κ2) is 10.3. The summed E-state index contributed by atoms with van der Waals surface area (Å²) >= 11 is 3.34. The van der Waals surface area contributed by atoms with Crippen LogP contribution in [0.25, 0.3) is 0 Å². The van der Waals surface area contributed by atoms with Crippen LogP contribution in [-0.4, -0.2) is 70.7 Å². The number of carbonyl (C=O) groups excluding carboxylic acids is 2. The number of carbonyl (C=O) groups is 2. The quantitative estimate of drug-likeness (QED) is 0.645. The van der Waals surface area contributed by atoms with Crippen molar-refractivity contribution in [1.29, 1.82) is 0 Å². The van der Waals surface area contributed by atoms with E-state index in [0.717, 1.165) is 0 Å². The Bertz CT molecular complexity index is 975. The Morgan fingerprint density at radius 3 is 2.78 bits per heavy atom. The van der Waals surface area contributed by atoms with Gasteiger partial charge in [0.25, 0.3) is 5.91 Å². The predicted octanol–water partition coefficient (Wildman–Crippen LogP) is 3.37. The van der Waals surface area contributed by atoms with Gasteiger partial charge in [0, 0.05) is 35.9 Å². The minimum absolute atomic E-state index is 0.160. The Balaban J connectivity index is 1.81. The zero-order valence-corrected chi connectivity index (χ0v) is 19.7. The topological polar surface area (TPSA) is 95.0 Å². The van der Waals surface area contributed by atoms with Crippen molar-refractivity contribution < 1.29 is 23.8 Å². The van der Waals surface area contributed by atoms with Gasteiger partial charge in [-0.1, -0.05) is 6.92 Å². The zero-order valence-electron chi connectivity index (χ0n) is 18.1. The maximum absolute atomic E-state index is 13.1. The lowest BCUT2D eigenvalue weighted by molar-refractivity contribution is 0.0356. The molecular weight excluding hydrogens is 483 g/mol. The first-order chi connectivity index (χ1) is 15.2. The number of anilines is 1. The van der Waals surface area contributed by atoms with E-state index in [9.17, 15) is 19.1 Å². The van der Waals surface area contributed by atoms with E-state index >= 15 is 0 Å². The molecule has 0 spiro atoms. The lowest BCUT2D eigenvalue weighted by Gasteiger charge is -2.37. The van der Waals surface area contributed by atoms with Gasteiger partial charge in [0.2, 0.25) is 5.88 Å². The second-order valence-electron chi connectivity index (χ2n) is 7.95. The molecule has 0 fully saturated rings. The SMILES string of the molecule is C[C@H]1CN([C@@H](C)CO)C(=O)c2cc(Br)cnc2O[C@@H]1CN(C)C(=O)Nc1ccc(F)cc1. The Morgan fingerprint density at radius 1 is 1.44 bits per heavy atom. The minimum atomic E-state index is -0.465. The normalized spacial score (nSPS) is 19.3. The Kier molecular flexibility index (Phi) is 7.68. The van der Waals surface area contributed by atoms with E-state index in [2.05, 4.69) is 26.2 Å². The van der Waals surface area contributed by atoms with Gasteiger partial charge >= 0.3 is 6.03 Å². The number of aromatic nitrogens is 1. The van der Waals surface area contributed by atoms with Crippen LogP contribution in [0.3, 0.4) is 0 Å². The number of amides is 3. The molecule has 0 radical (unpaired) electrons. The van der Waals surface area contributed by atoms with Crippen LogP contribution in [0.2, 0.25) is 0 Å². The van der Waals surface area contributed by atoms with Crippen molar-refractivity contribution in [3.8, 4) is 5.88 Å². The van der Waals surface area contributed by atoms with Crippen LogP contribution in [-0.2, 0) is 0 Å². The van der Waals surface area contributed by atoms with E-state index in [1.807, 2.05) is 6.92 Å². The summed E-state index contributed by atoms with van der Waals surface area (Å²) in [6.45, 7) is 4.08. The fraction of sp³-hybridized carbons (Fsp3) is 0.409. The summed E-state index contributed by atoms with van der Waals surface area (Å²) in [5.74, 6) is -0.644. The smallest absolute Gasteiger partial charge is 0.321 e. The number of halogens is 2. The number of rotatable bonds is 5. The van der Waals surface area contributed by atoms with Gasteiger partial charge in [0.15, 0.2) is 0 Å². The molecule has 10 heteroatoms. The fourth-order valence-corrected chi connectivity index (χ4v) is 3.73. The molecule has 2 heterocycles. The highest BCUT2D eigenvalue weighted by Crippen LogP contribution is 2.28. The molecule has 3 rings (SSSR count). The van der Waals surface area contributed by atoms with Crippen LogP contribution < -0.4 is 10.1 Å². The average Bonchev–Trinajstić information content (AvgIpc) is 2.77. The number of benzene rings is 1. The van der Waals surface area contributed by atoms with Crippen LogP contribution in [0.15, 0.2) is 41.0 Å². The number of ether oxygens (including phenoxy) is 1. The minimum Gasteiger partial charge on any atom is -0.472 e. The second-order valence-corrected chi connectivity index (χ2v) is 8.86. The molecule has 0 saturated heterocycles. The standard InChI is InChI=1S/C22H26BrFN4O4/c1-13-10-28(14(2)12-29)21(30)18-8-15(23)9-25-20(18)32-19(13)11-27(3)22(31)26-17-6-4-16(24)5-7-17/h4-9,13-14,19,29H,10-12H2,1-3H3,(H,26,31)/t13-,14-,19+/m0/s1. The first-order valence-electron chi connectivity index (χ1n) is 10.2. The Morgan fingerprint density at radius 2 is 2.12 bits per heavy atom. The van der Waals surface area contributed by atoms with E-state index in [1.54, 1.807) is 31.1 Å². The molecule has 0 saturated carbocycles. The highest BCUT2D eigenvalue weighted by atomic mass is 79.9. The molecule has 3 amide bonds. The van der Waals surface area contributed by atoms with Gasteiger partial charge in [0.1, 0.15) is 17.5 Å². The Hall–Kier alpha value is -2.72. The van der Waals surface area contributed by atoms with Crippen LogP contribution in [0.5, 0.6) is 5.88 Å². The third-order valence-corrected chi connectivity index (χ3v) is 5.82. The number of fused-ring (bicyclic) bond motifs is 1. The molecule has 32 heavy (non-hydrogen) atoms. The summed E-state index contributed by atoms with van der Waals surface area (Å²) < 4.78 is 19.8. The van der Waals surface area contributed by atoms with Gasteiger partial charge in [-0.25, -0.2) is 14.2 Å². The summed E-state index contributed by atoms with van der Waals surface area (Å²) in [7, 11) is 1.63. The van der Waals surface area contributed by atoms with E-state index in [0.29, 0.717) is 16.7 Å². The molecule has 0 bridgehead atoms. The van der Waals surface area contributed by atoms with Crippen molar-refractivity contribution in [2.24, 2.45) is 5.92 Å². The fourth-order valence-electron chi connectivity index (χ4n) is 3.40. The van der Waals surface area contributed by atoms with Crippen LogP contribution >= 0.6 is 15.9 Å². The number of pyridine rings is 1. The summed E-state index contributed by atoms with van der Waals surface area (Å²) in [6, 6.07) is 6.36. The summed E-state index contributed by atoms with van der Waals surface area (Å²) in [5, 5.41) is 12.4. The van der Waals surface area contributed by atoms with Gasteiger partial charge in [-0.2, -0.15) is 0 Å². The first-order valence-corrected chi connectivity index (χ1v) is 11.0. The van der Waals surface area contributed by atoms with Crippen molar-refractivity contribution in [2.45, 2.75) is 26.0 Å². The molecule has 1 aliphatic rings. The maximum Gasteiger partial charge on any atom is 0.321 e. The van der Waals surface area contributed by atoms with Crippen molar-refractivity contribution in [3.05, 3.63) is 52.4 Å². The van der Waals surface area contributed by atoms with E-state index in [-0.39, 0.29) is 48.3 Å². The molecule has 2 aromatic rings. The van der Waals surface area contributed by atoms with Crippen LogP contribution in [0.1, 0.15) is 24.2 Å². The molecule has 0 aliphatic carbocycles. The monoisotopic (exact) mass is 508 g/mol. The summed E-state index contributed by atoms with van der Waals surface area (Å²) in [6.07, 6.45) is 1.08. The number of nitrogens with zero attached hydrogens (tertiary/aromatic N) is 3. The zero-order chi connectivity index (χ0) is 23.4. The molecule has 2 N–H and O–H groups in total. The summed E-state index contributed by atoms with van der Waals surface area (Å²) in [4.78, 5) is 33.1. The molecule has 1 aromatic heterocycles. The van der Waals surface area contributed by atoms with E-state index < -0.39 is 12.1 Å². The average molecular weight is 509 g/mol. The van der Waals surface area contributed by atoms with Crippen LogP contribution in [0.4, 0.5) is 14.9 Å². The molecule has 3 atom stereocenters. The predicted molar refractivity (Wildman–Crippen MR) is 121 cm³/mol. The third-order valence-electron chi connectivity index (χ3n) is 5.38. The number of urea groups is 1. The number of hydrogen-bond donors (Lipinski definition) is 2. The highest BCUT2D eigenvalue weighted by Gasteiger charge is 2.34. The molecule has 8 nitrogen and oxygen atoms in total. The van der Waals surface area contributed by atoms with Gasteiger partial charge in [0.05, 0.1) is 19.2 Å². The largest absolute Gasteiger partial charge is 0.472 e. The van der Waals surface area contributed by atoms with E-state index in [4.69, 9.17) is 4.74 Å². The van der Waals surface area contributed by atoms with Gasteiger partial charge in [-0.05, 0) is 53.2 Å². The Labute approximate surface area is 194 Å². The van der Waals surface area contributed by atoms with Gasteiger partial charge in [-0.3, -0.25) is 4.79 Å². The molecule has 172 valence electrons. The lowest BCUT2D eigenvalue weighted by atomic mass is 10.0. The van der Waals surface area contributed by atoms with Crippen molar-refractivity contribution in [1.82, 2.24) is 14.8 Å². The molecular formula is C22H26BrFN4O4. The molecule has 1 aromatic carbocycles. The third kappa shape index (κ3) is 5.55. The maximum atomic E-state index is 13.1. The van der Waals surface area contributed by atoms with E-state index in [1.165, 1.54) is 29.2 Å². The number of aliphatic hydroxyl groups is 1. The number of likely N-dealkylation sites (N-methyl/N-ethyl adjacent to an activating group) is 1. The highest BCUT2D eigenvalue weighted by molar-refractivity contribution is 9.10. The van der Waals surface area contributed by atoms with Crippen molar-refractivity contribution in [3.63, 3.8) is 0 Å².